The second kappa shape index (κ2) is 8.77. The summed E-state index contributed by atoms with van der Waals surface area (Å²) in [5.74, 6) is 1.91. The van der Waals surface area contributed by atoms with Crippen molar-refractivity contribution in [1.29, 1.82) is 0 Å². The molecule has 1 fully saturated rings. The van der Waals surface area contributed by atoms with Crippen molar-refractivity contribution in [2.75, 3.05) is 24.3 Å². The lowest BCUT2D eigenvalue weighted by atomic mass is 9.85. The normalized spacial score (nSPS) is 20.7. The van der Waals surface area contributed by atoms with Crippen LogP contribution in [0.1, 0.15) is 36.8 Å². The molecule has 2 aromatic carbocycles. The van der Waals surface area contributed by atoms with Gasteiger partial charge in [-0.25, -0.2) is 4.98 Å². The average Bonchev–Trinajstić information content (AvgIpc) is 3.21. The third-order valence-electron chi connectivity index (χ3n) is 6.84. The summed E-state index contributed by atoms with van der Waals surface area (Å²) in [6.45, 7) is 0. The summed E-state index contributed by atoms with van der Waals surface area (Å²) < 4.78 is 0. The minimum Gasteiger partial charge on any atom is -0.362 e. The molecule has 1 amide bonds. The second-order valence-corrected chi connectivity index (χ2v) is 9.36. The predicted molar refractivity (Wildman–Crippen MR) is 129 cm³/mol. The van der Waals surface area contributed by atoms with E-state index in [0.717, 1.165) is 55.2 Å². The molecule has 1 saturated carbocycles. The van der Waals surface area contributed by atoms with Crippen molar-refractivity contribution in [2.45, 2.75) is 50.6 Å². The van der Waals surface area contributed by atoms with Crippen molar-refractivity contribution < 1.29 is 4.79 Å². The monoisotopic (exact) mass is 429 g/mol. The number of rotatable bonds is 5. The Balaban J connectivity index is 1.17. The zero-order valence-corrected chi connectivity index (χ0v) is 18.8. The Morgan fingerprint density at radius 1 is 0.875 bits per heavy atom. The number of nitrogens with zero attached hydrogens (tertiary/aromatic N) is 3. The Labute approximate surface area is 189 Å². The van der Waals surface area contributed by atoms with Crippen molar-refractivity contribution in [1.82, 2.24) is 15.3 Å². The van der Waals surface area contributed by atoms with E-state index in [-0.39, 0.29) is 17.9 Å². The van der Waals surface area contributed by atoms with Gasteiger partial charge in [-0.05, 0) is 61.8 Å². The molecule has 2 aliphatic carbocycles. The molecule has 5 rings (SSSR count). The molecule has 0 unspecified atom stereocenters. The van der Waals surface area contributed by atoms with E-state index >= 15 is 0 Å². The highest BCUT2D eigenvalue weighted by Crippen LogP contribution is 2.29. The van der Waals surface area contributed by atoms with Gasteiger partial charge >= 0.3 is 0 Å². The first-order valence-corrected chi connectivity index (χ1v) is 11.6. The first kappa shape index (κ1) is 20.7. The Kier molecular flexibility index (Phi) is 5.68. The summed E-state index contributed by atoms with van der Waals surface area (Å²) in [4.78, 5) is 24.4. The molecule has 3 aromatic rings. The maximum atomic E-state index is 12.9. The highest BCUT2D eigenvalue weighted by molar-refractivity contribution is 5.90. The van der Waals surface area contributed by atoms with Crippen molar-refractivity contribution in [3.63, 3.8) is 0 Å². The summed E-state index contributed by atoms with van der Waals surface area (Å²) in [6.07, 6.45) is 5.61. The van der Waals surface area contributed by atoms with Gasteiger partial charge in [0.15, 0.2) is 0 Å². The summed E-state index contributed by atoms with van der Waals surface area (Å²) in [7, 11) is 4.01. The summed E-state index contributed by atoms with van der Waals surface area (Å²) in [5, 5.41) is 7.90. The fraction of sp³-hybridized carbons (Fsp3) is 0.423. The minimum atomic E-state index is 0.103. The standard InChI is InChI=1S/C26H31N5O/c1-31(2)24-22-9-5-6-10-23(22)29-26(30-24)28-20-13-11-17(12-14-20)25(32)27-21-15-18-7-3-4-8-19(18)16-21/h3-10,17,20-21H,11-16H2,1-2H3,(H,27,32)(H,28,29,30). The van der Waals surface area contributed by atoms with Crippen LogP contribution in [0.25, 0.3) is 10.9 Å². The quantitative estimate of drug-likeness (QED) is 0.643. The number of hydrogen-bond acceptors (Lipinski definition) is 5. The number of anilines is 2. The zero-order valence-electron chi connectivity index (χ0n) is 18.8. The molecule has 0 radical (unpaired) electrons. The zero-order chi connectivity index (χ0) is 22.1. The molecule has 0 atom stereocenters. The van der Waals surface area contributed by atoms with Crippen molar-refractivity contribution in [2.24, 2.45) is 5.92 Å². The molecule has 1 aromatic heterocycles. The number of fused-ring (bicyclic) bond motifs is 2. The minimum absolute atomic E-state index is 0.103. The average molecular weight is 430 g/mol. The largest absolute Gasteiger partial charge is 0.362 e. The van der Waals surface area contributed by atoms with E-state index in [0.29, 0.717) is 12.0 Å². The lowest BCUT2D eigenvalue weighted by molar-refractivity contribution is -0.126. The van der Waals surface area contributed by atoms with Crippen LogP contribution in [0.3, 0.4) is 0 Å². The molecule has 1 heterocycles. The van der Waals surface area contributed by atoms with Gasteiger partial charge in [-0.1, -0.05) is 36.4 Å². The van der Waals surface area contributed by atoms with E-state index in [1.807, 2.05) is 37.2 Å². The van der Waals surface area contributed by atoms with E-state index in [9.17, 15) is 4.79 Å². The Morgan fingerprint density at radius 3 is 2.22 bits per heavy atom. The second-order valence-electron chi connectivity index (χ2n) is 9.36. The van der Waals surface area contributed by atoms with Gasteiger partial charge in [0.2, 0.25) is 11.9 Å². The van der Waals surface area contributed by atoms with Crippen LogP contribution in [0.15, 0.2) is 48.5 Å². The number of hydrogen-bond donors (Lipinski definition) is 2. The van der Waals surface area contributed by atoms with E-state index in [1.165, 1.54) is 11.1 Å². The number of carbonyl (C=O) groups excluding carboxylic acids is 1. The predicted octanol–water partition coefficient (Wildman–Crippen LogP) is 3.95. The van der Waals surface area contributed by atoms with Crippen LogP contribution in [-0.2, 0) is 17.6 Å². The number of amides is 1. The molecular weight excluding hydrogens is 398 g/mol. The number of para-hydroxylation sites is 1. The number of aromatic nitrogens is 2. The van der Waals surface area contributed by atoms with E-state index in [2.05, 4.69) is 41.0 Å². The molecule has 0 aliphatic heterocycles. The fourth-order valence-electron chi connectivity index (χ4n) is 5.13. The molecule has 6 heteroatoms. The summed E-state index contributed by atoms with van der Waals surface area (Å²) in [6, 6.07) is 17.2. The molecule has 6 nitrogen and oxygen atoms in total. The van der Waals surface area contributed by atoms with Crippen LogP contribution in [-0.4, -0.2) is 42.1 Å². The topological polar surface area (TPSA) is 70.2 Å². The van der Waals surface area contributed by atoms with Crippen LogP contribution in [0, 0.1) is 5.92 Å². The molecule has 0 bridgehead atoms. The third kappa shape index (κ3) is 4.27. The van der Waals surface area contributed by atoms with Gasteiger partial charge in [-0.3, -0.25) is 4.79 Å². The van der Waals surface area contributed by atoms with Crippen LogP contribution in [0.5, 0.6) is 0 Å². The Bertz CT molecular complexity index is 1100. The fourth-order valence-corrected chi connectivity index (χ4v) is 5.13. The molecular formula is C26H31N5O. The van der Waals surface area contributed by atoms with Crippen molar-refractivity contribution in [3.8, 4) is 0 Å². The third-order valence-corrected chi connectivity index (χ3v) is 6.84. The molecule has 2 N–H and O–H groups in total. The highest BCUT2D eigenvalue weighted by atomic mass is 16.1. The van der Waals surface area contributed by atoms with E-state index in [1.54, 1.807) is 0 Å². The molecule has 166 valence electrons. The van der Waals surface area contributed by atoms with Gasteiger partial charge in [0.25, 0.3) is 0 Å². The van der Waals surface area contributed by atoms with Gasteiger partial charge in [-0.2, -0.15) is 4.98 Å². The summed E-state index contributed by atoms with van der Waals surface area (Å²) >= 11 is 0. The van der Waals surface area contributed by atoms with Crippen LogP contribution in [0.4, 0.5) is 11.8 Å². The SMILES string of the molecule is CN(C)c1nc(NC2CCC(C(=O)NC3Cc4ccccc4C3)CC2)nc2ccccc12. The van der Waals surface area contributed by atoms with E-state index in [4.69, 9.17) is 9.97 Å². The van der Waals surface area contributed by atoms with Gasteiger partial charge < -0.3 is 15.5 Å². The van der Waals surface area contributed by atoms with E-state index < -0.39 is 0 Å². The Morgan fingerprint density at radius 2 is 1.53 bits per heavy atom. The molecule has 2 aliphatic rings. The lowest BCUT2D eigenvalue weighted by Gasteiger charge is -2.29. The van der Waals surface area contributed by atoms with Crippen LogP contribution in [0.2, 0.25) is 0 Å². The molecule has 0 spiro atoms. The maximum Gasteiger partial charge on any atom is 0.225 e. The molecule has 32 heavy (non-hydrogen) atoms. The number of benzene rings is 2. The van der Waals surface area contributed by atoms with Gasteiger partial charge in [0.1, 0.15) is 5.82 Å². The van der Waals surface area contributed by atoms with Gasteiger partial charge in [-0.15, -0.1) is 0 Å². The van der Waals surface area contributed by atoms with Gasteiger partial charge in [0, 0.05) is 37.5 Å². The maximum absolute atomic E-state index is 12.9. The first-order valence-electron chi connectivity index (χ1n) is 11.6. The van der Waals surface area contributed by atoms with Crippen LogP contribution >= 0.6 is 0 Å². The van der Waals surface area contributed by atoms with Crippen LogP contribution < -0.4 is 15.5 Å². The van der Waals surface area contributed by atoms with Gasteiger partial charge in [0.05, 0.1) is 5.52 Å². The number of carbonyl (C=O) groups is 1. The summed E-state index contributed by atoms with van der Waals surface area (Å²) in [5.41, 5.74) is 3.69. The first-order chi connectivity index (χ1) is 15.6. The molecule has 0 saturated heterocycles. The number of nitrogens with one attached hydrogen (secondary N) is 2. The van der Waals surface area contributed by atoms with Crippen molar-refractivity contribution >= 4 is 28.6 Å². The lowest BCUT2D eigenvalue weighted by Crippen LogP contribution is -2.41. The smallest absolute Gasteiger partial charge is 0.225 e. The van der Waals surface area contributed by atoms with Crippen molar-refractivity contribution in [3.05, 3.63) is 59.7 Å². The highest BCUT2D eigenvalue weighted by Gasteiger charge is 2.30. The Hall–Kier alpha value is -3.15.